The van der Waals surface area contributed by atoms with Gasteiger partial charge >= 0.3 is 5.97 Å². The monoisotopic (exact) mass is 419 g/mol. The van der Waals surface area contributed by atoms with Gasteiger partial charge in [0, 0.05) is 5.56 Å². The first-order valence-corrected chi connectivity index (χ1v) is 9.83. The highest BCUT2D eigenvalue weighted by Gasteiger charge is 2.21. The van der Waals surface area contributed by atoms with Gasteiger partial charge in [-0.05, 0) is 31.5 Å². The number of carbonyl (C=O) groups is 2. The number of halogens is 2. The van der Waals surface area contributed by atoms with Crippen LogP contribution in [-0.2, 0) is 9.53 Å². The van der Waals surface area contributed by atoms with Crippen LogP contribution in [0.2, 0.25) is 10.0 Å². The molecular formula is C15H15Cl2N3O3S2. The van der Waals surface area contributed by atoms with Gasteiger partial charge in [0.05, 0.1) is 16.7 Å². The summed E-state index contributed by atoms with van der Waals surface area (Å²) in [5.74, 6) is -0.657. The highest BCUT2D eigenvalue weighted by Crippen LogP contribution is 2.31. The van der Waals surface area contributed by atoms with Gasteiger partial charge < -0.3 is 4.74 Å². The summed E-state index contributed by atoms with van der Waals surface area (Å²) < 4.78 is 5.59. The molecule has 0 bridgehead atoms. The number of esters is 1. The van der Waals surface area contributed by atoms with Crippen LogP contribution in [0.25, 0.3) is 0 Å². The molecular weight excluding hydrogens is 405 g/mol. The molecule has 1 aromatic heterocycles. The molecule has 1 aromatic carbocycles. The lowest BCUT2D eigenvalue weighted by Gasteiger charge is -2.10. The third kappa shape index (κ3) is 5.57. The van der Waals surface area contributed by atoms with Gasteiger partial charge in [0.1, 0.15) is 5.25 Å². The average molecular weight is 420 g/mol. The molecule has 0 unspecified atom stereocenters. The van der Waals surface area contributed by atoms with Crippen molar-refractivity contribution in [3.63, 3.8) is 0 Å². The van der Waals surface area contributed by atoms with Crippen LogP contribution in [-0.4, -0.2) is 33.9 Å². The third-order valence-corrected chi connectivity index (χ3v) is 5.98. The second-order valence-electron chi connectivity index (χ2n) is 4.72. The molecule has 10 heteroatoms. The second-order valence-corrected chi connectivity index (χ2v) is 7.96. The smallest absolute Gasteiger partial charge is 0.319 e. The standard InChI is InChI=1S/C15H15Cl2N3O3S2/c1-3-11(13(22)23-4-2)24-15-20-19-14(25-15)18-12(21)8-5-6-9(16)10(17)7-8/h5-7,11H,3-4H2,1-2H3,(H,18,19,21)/t11-/m1/s1. The molecule has 6 nitrogen and oxygen atoms in total. The average Bonchev–Trinajstić information content (AvgIpc) is 3.02. The first kappa shape index (κ1) is 20.0. The molecule has 2 aromatic rings. The fraction of sp³-hybridized carbons (Fsp3) is 0.333. The summed E-state index contributed by atoms with van der Waals surface area (Å²) in [6, 6.07) is 4.59. The Balaban J connectivity index is 2.01. The van der Waals surface area contributed by atoms with Gasteiger partial charge in [-0.25, -0.2) is 0 Å². The van der Waals surface area contributed by atoms with Crippen LogP contribution in [0.5, 0.6) is 0 Å². The van der Waals surface area contributed by atoms with Gasteiger partial charge in [-0.2, -0.15) is 0 Å². The Morgan fingerprint density at radius 1 is 1.28 bits per heavy atom. The number of carbonyl (C=O) groups excluding carboxylic acids is 2. The van der Waals surface area contributed by atoms with E-state index in [9.17, 15) is 9.59 Å². The zero-order chi connectivity index (χ0) is 18.4. The first-order chi connectivity index (χ1) is 11.9. The van der Waals surface area contributed by atoms with Crippen molar-refractivity contribution >= 4 is 63.3 Å². The number of hydrogen-bond donors (Lipinski definition) is 1. The summed E-state index contributed by atoms with van der Waals surface area (Å²) in [4.78, 5) is 24.0. The Morgan fingerprint density at radius 2 is 2.04 bits per heavy atom. The first-order valence-electron chi connectivity index (χ1n) is 7.37. The lowest BCUT2D eigenvalue weighted by molar-refractivity contribution is -0.142. The highest BCUT2D eigenvalue weighted by atomic mass is 35.5. The minimum Gasteiger partial charge on any atom is -0.465 e. The van der Waals surface area contributed by atoms with E-state index in [4.69, 9.17) is 27.9 Å². The lowest BCUT2D eigenvalue weighted by atomic mass is 10.2. The van der Waals surface area contributed by atoms with Gasteiger partial charge in [0.15, 0.2) is 4.34 Å². The number of amides is 1. The van der Waals surface area contributed by atoms with Crippen molar-refractivity contribution in [2.45, 2.75) is 29.9 Å². The van der Waals surface area contributed by atoms with Crippen molar-refractivity contribution in [3.8, 4) is 0 Å². The number of nitrogens with one attached hydrogen (secondary N) is 1. The molecule has 1 atom stereocenters. The fourth-order valence-electron chi connectivity index (χ4n) is 1.77. The number of thioether (sulfide) groups is 1. The molecule has 0 aliphatic heterocycles. The Labute approximate surface area is 163 Å². The van der Waals surface area contributed by atoms with Crippen LogP contribution < -0.4 is 5.32 Å². The normalized spacial score (nSPS) is 11.8. The quantitative estimate of drug-likeness (QED) is 0.403. The molecule has 25 heavy (non-hydrogen) atoms. The van der Waals surface area contributed by atoms with E-state index in [1.54, 1.807) is 19.1 Å². The molecule has 1 amide bonds. The van der Waals surface area contributed by atoms with E-state index < -0.39 is 0 Å². The van der Waals surface area contributed by atoms with E-state index in [-0.39, 0.29) is 17.1 Å². The maximum absolute atomic E-state index is 12.2. The summed E-state index contributed by atoms with van der Waals surface area (Å²) in [7, 11) is 0. The van der Waals surface area contributed by atoms with Crippen molar-refractivity contribution in [2.75, 3.05) is 11.9 Å². The zero-order valence-corrected chi connectivity index (χ0v) is 16.6. The maximum Gasteiger partial charge on any atom is 0.319 e. The van der Waals surface area contributed by atoms with E-state index in [2.05, 4.69) is 15.5 Å². The van der Waals surface area contributed by atoms with Crippen molar-refractivity contribution in [1.82, 2.24) is 10.2 Å². The fourth-order valence-corrected chi connectivity index (χ4v) is 3.98. The van der Waals surface area contributed by atoms with Crippen LogP contribution in [0, 0.1) is 0 Å². The SMILES string of the molecule is CCOC(=O)[C@@H](CC)Sc1nnc(NC(=O)c2ccc(Cl)c(Cl)c2)s1. The lowest BCUT2D eigenvalue weighted by Crippen LogP contribution is -2.19. The third-order valence-electron chi connectivity index (χ3n) is 2.97. The van der Waals surface area contributed by atoms with E-state index in [0.29, 0.717) is 38.1 Å². The van der Waals surface area contributed by atoms with E-state index in [0.717, 1.165) is 0 Å². The maximum atomic E-state index is 12.2. The van der Waals surface area contributed by atoms with Gasteiger partial charge in [0.25, 0.3) is 5.91 Å². The van der Waals surface area contributed by atoms with Crippen molar-refractivity contribution in [3.05, 3.63) is 33.8 Å². The molecule has 0 radical (unpaired) electrons. The zero-order valence-electron chi connectivity index (χ0n) is 13.4. The molecule has 1 heterocycles. The number of hydrogen-bond acceptors (Lipinski definition) is 7. The van der Waals surface area contributed by atoms with Gasteiger partial charge in [-0.1, -0.05) is 53.2 Å². The number of ether oxygens (including phenoxy) is 1. The van der Waals surface area contributed by atoms with Crippen molar-refractivity contribution in [2.24, 2.45) is 0 Å². The van der Waals surface area contributed by atoms with Crippen LogP contribution in [0.15, 0.2) is 22.5 Å². The number of anilines is 1. The van der Waals surface area contributed by atoms with Crippen LogP contribution >= 0.6 is 46.3 Å². The summed E-state index contributed by atoms with van der Waals surface area (Å²) in [5.41, 5.74) is 0.358. The topological polar surface area (TPSA) is 81.2 Å². The summed E-state index contributed by atoms with van der Waals surface area (Å²) >= 11 is 14.2. The number of nitrogens with zero attached hydrogens (tertiary/aromatic N) is 2. The predicted octanol–water partition coefficient (Wildman–Crippen LogP) is 4.53. The second kappa shape index (κ2) is 9.38. The number of benzene rings is 1. The molecule has 2 rings (SSSR count). The van der Waals surface area contributed by atoms with Crippen LogP contribution in [0.3, 0.4) is 0 Å². The predicted molar refractivity (Wildman–Crippen MR) is 101 cm³/mol. The summed E-state index contributed by atoms with van der Waals surface area (Å²) in [6.45, 7) is 3.98. The molecule has 0 aliphatic rings. The molecule has 0 fully saturated rings. The molecule has 0 saturated heterocycles. The van der Waals surface area contributed by atoms with Gasteiger partial charge in [-0.3, -0.25) is 14.9 Å². The van der Waals surface area contributed by atoms with E-state index in [1.807, 2.05) is 6.92 Å². The van der Waals surface area contributed by atoms with E-state index >= 15 is 0 Å². The Morgan fingerprint density at radius 3 is 2.68 bits per heavy atom. The number of rotatable bonds is 7. The molecule has 0 aliphatic carbocycles. The summed E-state index contributed by atoms with van der Waals surface area (Å²) in [6.07, 6.45) is 0.605. The van der Waals surface area contributed by atoms with Crippen molar-refractivity contribution < 1.29 is 14.3 Å². The largest absolute Gasteiger partial charge is 0.465 e. The number of aromatic nitrogens is 2. The Kier molecular flexibility index (Phi) is 7.49. The van der Waals surface area contributed by atoms with Crippen LogP contribution in [0.4, 0.5) is 5.13 Å². The molecule has 1 N–H and O–H groups in total. The molecule has 134 valence electrons. The Bertz CT molecular complexity index is 770. The van der Waals surface area contributed by atoms with E-state index in [1.165, 1.54) is 29.2 Å². The minimum absolute atomic E-state index is 0.286. The molecule has 0 spiro atoms. The highest BCUT2D eigenvalue weighted by molar-refractivity contribution is 8.02. The van der Waals surface area contributed by atoms with Crippen LogP contribution in [0.1, 0.15) is 30.6 Å². The van der Waals surface area contributed by atoms with Gasteiger partial charge in [0.2, 0.25) is 5.13 Å². The van der Waals surface area contributed by atoms with Gasteiger partial charge in [-0.15, -0.1) is 10.2 Å². The molecule has 0 saturated carbocycles. The van der Waals surface area contributed by atoms with Crippen molar-refractivity contribution in [1.29, 1.82) is 0 Å². The summed E-state index contributed by atoms with van der Waals surface area (Å²) in [5, 5.41) is 11.2. The minimum atomic E-state index is -0.372. The Hall–Kier alpha value is -1.35.